The van der Waals surface area contributed by atoms with Gasteiger partial charge in [-0.15, -0.1) is 0 Å². The van der Waals surface area contributed by atoms with Gasteiger partial charge in [0.25, 0.3) is 0 Å². The summed E-state index contributed by atoms with van der Waals surface area (Å²) in [5.41, 5.74) is -1.14. The van der Waals surface area contributed by atoms with Crippen molar-refractivity contribution in [1.82, 2.24) is 0 Å². The molecule has 0 heterocycles. The van der Waals surface area contributed by atoms with Crippen molar-refractivity contribution in [2.45, 2.75) is 96.5 Å². The number of benzene rings is 1. The molecule has 1 aromatic carbocycles. The van der Waals surface area contributed by atoms with Gasteiger partial charge in [-0.3, -0.25) is 0 Å². The predicted octanol–water partition coefficient (Wildman–Crippen LogP) is 8.90. The van der Waals surface area contributed by atoms with Crippen molar-refractivity contribution in [3.63, 3.8) is 0 Å². The zero-order chi connectivity index (χ0) is 20.9. The first kappa shape index (κ1) is 23.0. The number of alkyl halides is 2. The van der Waals surface area contributed by atoms with Crippen LogP contribution >= 0.6 is 15.9 Å². The van der Waals surface area contributed by atoms with E-state index in [2.05, 4.69) is 22.9 Å². The van der Waals surface area contributed by atoms with Crippen molar-refractivity contribution in [3.05, 3.63) is 28.5 Å². The van der Waals surface area contributed by atoms with Crippen LogP contribution in [0.2, 0.25) is 0 Å². The highest BCUT2D eigenvalue weighted by molar-refractivity contribution is 9.10. The van der Waals surface area contributed by atoms with Gasteiger partial charge in [0.2, 0.25) is 0 Å². The second-order valence-electron chi connectivity index (χ2n) is 9.17. The van der Waals surface area contributed by atoms with Gasteiger partial charge in [0, 0.05) is 6.07 Å². The van der Waals surface area contributed by atoms with E-state index in [9.17, 15) is 4.39 Å². The number of halogens is 4. The molecule has 2 saturated carbocycles. The molecule has 0 amide bonds. The smallest absolute Gasteiger partial charge is 0.403 e. The topological polar surface area (TPSA) is 9.23 Å². The molecule has 0 aromatic heterocycles. The van der Waals surface area contributed by atoms with Crippen molar-refractivity contribution in [1.29, 1.82) is 0 Å². The molecule has 2 aliphatic rings. The Morgan fingerprint density at radius 2 is 1.69 bits per heavy atom. The quantitative estimate of drug-likeness (QED) is 0.341. The molecule has 0 bridgehead atoms. The van der Waals surface area contributed by atoms with Gasteiger partial charge in [0.05, 0.1) is 9.89 Å². The molecule has 1 aromatic rings. The standard InChI is InChI=1S/C24H34BrF3O/c1-2-3-7-14-23(15-12-19(13-16-23)18-8-5-4-6-9-18)24(27,28)29-20-10-11-21(25)22(26)17-20/h10-11,17-19H,2-9,12-16H2,1H3. The first-order valence-electron chi connectivity index (χ1n) is 11.4. The average molecular weight is 475 g/mol. The monoisotopic (exact) mass is 474 g/mol. The Balaban J connectivity index is 1.73. The third-order valence-corrected chi connectivity index (χ3v) is 7.96. The SMILES string of the molecule is CCCCCC1(C(F)(F)Oc2ccc(Br)c(F)c2)CCC(C2CCCCC2)CC1. The molecule has 164 valence electrons. The van der Waals surface area contributed by atoms with Crippen LogP contribution in [-0.2, 0) is 0 Å². The molecule has 3 rings (SSSR count). The van der Waals surface area contributed by atoms with Crippen LogP contribution in [0.3, 0.4) is 0 Å². The summed E-state index contributed by atoms with van der Waals surface area (Å²) < 4.78 is 50.3. The van der Waals surface area contributed by atoms with Gasteiger partial charge in [-0.2, -0.15) is 8.78 Å². The van der Waals surface area contributed by atoms with Crippen molar-refractivity contribution >= 4 is 15.9 Å². The normalized spacial score (nSPS) is 26.4. The van der Waals surface area contributed by atoms with Gasteiger partial charge in [-0.05, 0) is 72.0 Å². The molecule has 0 atom stereocenters. The third kappa shape index (κ3) is 5.51. The van der Waals surface area contributed by atoms with Crippen LogP contribution in [-0.4, -0.2) is 6.11 Å². The molecule has 5 heteroatoms. The Labute approximate surface area is 181 Å². The van der Waals surface area contributed by atoms with E-state index in [-0.39, 0.29) is 10.2 Å². The van der Waals surface area contributed by atoms with Crippen LogP contribution in [0.15, 0.2) is 22.7 Å². The fraction of sp³-hybridized carbons (Fsp3) is 0.750. The van der Waals surface area contributed by atoms with E-state index < -0.39 is 17.3 Å². The summed E-state index contributed by atoms with van der Waals surface area (Å²) in [4.78, 5) is 0. The average Bonchev–Trinajstić information content (AvgIpc) is 2.72. The fourth-order valence-electron chi connectivity index (χ4n) is 5.47. The maximum Gasteiger partial charge on any atom is 0.403 e. The van der Waals surface area contributed by atoms with E-state index in [1.807, 2.05) is 0 Å². The predicted molar refractivity (Wildman–Crippen MR) is 115 cm³/mol. The highest BCUT2D eigenvalue weighted by atomic mass is 79.9. The van der Waals surface area contributed by atoms with Gasteiger partial charge in [0.1, 0.15) is 11.6 Å². The van der Waals surface area contributed by atoms with E-state index in [0.29, 0.717) is 31.1 Å². The van der Waals surface area contributed by atoms with Crippen LogP contribution in [0.1, 0.15) is 90.4 Å². The van der Waals surface area contributed by atoms with Crippen molar-refractivity contribution in [2.24, 2.45) is 17.3 Å². The summed E-state index contributed by atoms with van der Waals surface area (Å²) in [7, 11) is 0. The molecule has 1 nitrogen and oxygen atoms in total. The fourth-order valence-corrected chi connectivity index (χ4v) is 5.71. The lowest BCUT2D eigenvalue weighted by atomic mass is 9.63. The second-order valence-corrected chi connectivity index (χ2v) is 10.0. The molecular formula is C24H34BrF3O. The van der Waals surface area contributed by atoms with Crippen molar-refractivity contribution in [2.75, 3.05) is 0 Å². The molecule has 0 spiro atoms. The number of unbranched alkanes of at least 4 members (excludes halogenated alkanes) is 2. The zero-order valence-corrected chi connectivity index (χ0v) is 19.1. The van der Waals surface area contributed by atoms with Crippen LogP contribution in [0.25, 0.3) is 0 Å². The summed E-state index contributed by atoms with van der Waals surface area (Å²) in [5.74, 6) is 0.613. The first-order valence-corrected chi connectivity index (χ1v) is 12.2. The van der Waals surface area contributed by atoms with Gasteiger partial charge in [-0.25, -0.2) is 4.39 Å². The molecule has 0 unspecified atom stereocenters. The van der Waals surface area contributed by atoms with Crippen LogP contribution in [0.4, 0.5) is 13.2 Å². The van der Waals surface area contributed by atoms with Gasteiger partial charge in [-0.1, -0.05) is 58.3 Å². The summed E-state index contributed by atoms with van der Waals surface area (Å²) in [5, 5.41) is 0. The Morgan fingerprint density at radius 1 is 1.03 bits per heavy atom. The van der Waals surface area contributed by atoms with Gasteiger partial charge in [0.15, 0.2) is 0 Å². The summed E-state index contributed by atoms with van der Waals surface area (Å²) in [6.45, 7) is 2.09. The minimum absolute atomic E-state index is 0.0972. The largest absolute Gasteiger partial charge is 0.432 e. The maximum absolute atomic E-state index is 15.5. The first-order chi connectivity index (χ1) is 13.9. The van der Waals surface area contributed by atoms with E-state index in [1.165, 1.54) is 44.2 Å². The minimum Gasteiger partial charge on any atom is -0.432 e. The van der Waals surface area contributed by atoms with Crippen LogP contribution in [0.5, 0.6) is 5.75 Å². The summed E-state index contributed by atoms with van der Waals surface area (Å²) in [6, 6.07) is 3.88. The van der Waals surface area contributed by atoms with Gasteiger partial charge >= 0.3 is 6.11 Å². The lowest BCUT2D eigenvalue weighted by Gasteiger charge is -2.46. The highest BCUT2D eigenvalue weighted by Crippen LogP contribution is 2.55. The number of ether oxygens (including phenoxy) is 1. The second kappa shape index (κ2) is 10.1. The molecule has 0 N–H and O–H groups in total. The molecule has 0 saturated heterocycles. The zero-order valence-electron chi connectivity index (χ0n) is 17.5. The Kier molecular flexibility index (Phi) is 7.97. The lowest BCUT2D eigenvalue weighted by Crippen LogP contribution is -2.48. The molecule has 0 radical (unpaired) electrons. The molecular weight excluding hydrogens is 441 g/mol. The molecule has 2 fully saturated rings. The Morgan fingerprint density at radius 3 is 2.31 bits per heavy atom. The Hall–Kier alpha value is -0.710. The Bertz CT molecular complexity index is 650. The van der Waals surface area contributed by atoms with E-state index >= 15 is 8.78 Å². The number of hydrogen-bond donors (Lipinski definition) is 0. The lowest BCUT2D eigenvalue weighted by molar-refractivity contribution is -0.274. The third-order valence-electron chi connectivity index (χ3n) is 7.32. The van der Waals surface area contributed by atoms with Crippen LogP contribution < -0.4 is 4.74 Å². The van der Waals surface area contributed by atoms with E-state index in [4.69, 9.17) is 4.74 Å². The number of hydrogen-bond acceptors (Lipinski definition) is 1. The minimum atomic E-state index is -3.29. The molecule has 29 heavy (non-hydrogen) atoms. The van der Waals surface area contributed by atoms with E-state index in [0.717, 1.165) is 38.2 Å². The van der Waals surface area contributed by atoms with E-state index in [1.54, 1.807) is 0 Å². The van der Waals surface area contributed by atoms with Crippen LogP contribution in [0, 0.1) is 23.1 Å². The summed E-state index contributed by atoms with van der Waals surface area (Å²) in [6.07, 6.45) is 9.09. The maximum atomic E-state index is 15.5. The number of rotatable bonds is 8. The molecule has 0 aliphatic heterocycles. The van der Waals surface area contributed by atoms with Crippen molar-refractivity contribution < 1.29 is 17.9 Å². The molecule has 2 aliphatic carbocycles. The van der Waals surface area contributed by atoms with Gasteiger partial charge < -0.3 is 4.74 Å². The van der Waals surface area contributed by atoms with Crippen molar-refractivity contribution in [3.8, 4) is 5.75 Å². The highest BCUT2D eigenvalue weighted by Gasteiger charge is 2.57. The summed E-state index contributed by atoms with van der Waals surface area (Å²) >= 11 is 3.06.